The Kier molecular flexibility index (Phi) is 7.16. The molecule has 1 unspecified atom stereocenters. The standard InChI is InChI=1S/C16H24N2O5S/c1-22-10-3-9-18-24(20,21)15-7-5-13(6-8-15)16(19)17-12-14-4-2-11-23-14/h5-8,14,18H,2-4,9-12H2,1H3,(H,17,19). The minimum absolute atomic E-state index is 0.0740. The first-order valence-electron chi connectivity index (χ1n) is 8.01. The smallest absolute Gasteiger partial charge is 0.251 e. The number of rotatable bonds is 9. The van der Waals surface area contributed by atoms with E-state index < -0.39 is 10.0 Å². The summed E-state index contributed by atoms with van der Waals surface area (Å²) in [5, 5.41) is 2.80. The van der Waals surface area contributed by atoms with Crippen molar-refractivity contribution in [3.05, 3.63) is 29.8 Å². The summed E-state index contributed by atoms with van der Waals surface area (Å²) in [5.74, 6) is -0.234. The summed E-state index contributed by atoms with van der Waals surface area (Å²) in [6.45, 7) is 2.01. The number of hydrogen-bond acceptors (Lipinski definition) is 5. The van der Waals surface area contributed by atoms with Crippen LogP contribution in [-0.2, 0) is 19.5 Å². The highest BCUT2D eigenvalue weighted by molar-refractivity contribution is 7.89. The topological polar surface area (TPSA) is 93.7 Å². The first-order chi connectivity index (χ1) is 11.5. The van der Waals surface area contributed by atoms with Crippen molar-refractivity contribution in [3.63, 3.8) is 0 Å². The van der Waals surface area contributed by atoms with Gasteiger partial charge in [-0.3, -0.25) is 4.79 Å². The molecule has 2 rings (SSSR count). The molecule has 1 saturated heterocycles. The van der Waals surface area contributed by atoms with Crippen LogP contribution in [0.5, 0.6) is 0 Å². The van der Waals surface area contributed by atoms with Crippen LogP contribution < -0.4 is 10.0 Å². The van der Waals surface area contributed by atoms with Crippen LogP contribution in [0.25, 0.3) is 0 Å². The molecule has 8 heteroatoms. The Bertz CT molecular complexity index is 624. The van der Waals surface area contributed by atoms with Gasteiger partial charge in [0.25, 0.3) is 5.91 Å². The van der Waals surface area contributed by atoms with Crippen LogP contribution in [0.3, 0.4) is 0 Å². The van der Waals surface area contributed by atoms with Gasteiger partial charge in [-0.15, -0.1) is 0 Å². The maximum absolute atomic E-state index is 12.1. The number of carbonyl (C=O) groups excluding carboxylic acids is 1. The van der Waals surface area contributed by atoms with Crippen molar-refractivity contribution in [1.29, 1.82) is 0 Å². The third kappa shape index (κ3) is 5.55. The van der Waals surface area contributed by atoms with Gasteiger partial charge < -0.3 is 14.8 Å². The Hall–Kier alpha value is -1.48. The van der Waals surface area contributed by atoms with Crippen LogP contribution in [0.15, 0.2) is 29.2 Å². The Morgan fingerprint density at radius 2 is 2.08 bits per heavy atom. The van der Waals surface area contributed by atoms with E-state index in [0.29, 0.717) is 31.7 Å². The van der Waals surface area contributed by atoms with Crippen molar-refractivity contribution in [3.8, 4) is 0 Å². The molecule has 1 aliphatic heterocycles. The number of nitrogens with one attached hydrogen (secondary N) is 2. The molecular weight excluding hydrogens is 332 g/mol. The summed E-state index contributed by atoms with van der Waals surface area (Å²) < 4.78 is 37.0. The SMILES string of the molecule is COCCCNS(=O)(=O)c1ccc(C(=O)NCC2CCCO2)cc1. The van der Waals surface area contributed by atoms with Gasteiger partial charge in [0, 0.05) is 39.0 Å². The lowest BCUT2D eigenvalue weighted by Gasteiger charge is -2.11. The highest BCUT2D eigenvalue weighted by Gasteiger charge is 2.17. The highest BCUT2D eigenvalue weighted by Crippen LogP contribution is 2.12. The third-order valence-electron chi connectivity index (χ3n) is 3.76. The van der Waals surface area contributed by atoms with Crippen LogP contribution in [0, 0.1) is 0 Å². The van der Waals surface area contributed by atoms with Crippen LogP contribution >= 0.6 is 0 Å². The fourth-order valence-electron chi connectivity index (χ4n) is 2.41. The van der Waals surface area contributed by atoms with Gasteiger partial charge in [-0.25, -0.2) is 13.1 Å². The predicted octanol–water partition coefficient (Wildman–Crippen LogP) is 0.910. The molecule has 2 N–H and O–H groups in total. The number of benzene rings is 1. The van der Waals surface area contributed by atoms with Gasteiger partial charge in [-0.1, -0.05) is 0 Å². The minimum atomic E-state index is -3.57. The lowest BCUT2D eigenvalue weighted by atomic mass is 10.2. The van der Waals surface area contributed by atoms with Crippen molar-refractivity contribution in [2.24, 2.45) is 0 Å². The van der Waals surface area contributed by atoms with Crippen molar-refractivity contribution in [2.75, 3.05) is 33.4 Å². The van der Waals surface area contributed by atoms with Gasteiger partial charge in [-0.05, 0) is 43.5 Å². The summed E-state index contributed by atoms with van der Waals surface area (Å²) in [7, 11) is -2.00. The van der Waals surface area contributed by atoms with Gasteiger partial charge in [0.05, 0.1) is 11.0 Å². The van der Waals surface area contributed by atoms with Crippen molar-refractivity contribution >= 4 is 15.9 Å². The Labute approximate surface area is 142 Å². The Morgan fingerprint density at radius 3 is 2.71 bits per heavy atom. The van der Waals surface area contributed by atoms with Crippen molar-refractivity contribution in [2.45, 2.75) is 30.3 Å². The monoisotopic (exact) mass is 356 g/mol. The highest BCUT2D eigenvalue weighted by atomic mass is 32.2. The maximum atomic E-state index is 12.1. The Morgan fingerprint density at radius 1 is 1.33 bits per heavy atom. The summed E-state index contributed by atoms with van der Waals surface area (Å²) in [6.07, 6.45) is 2.64. The van der Waals surface area contributed by atoms with E-state index in [2.05, 4.69) is 10.0 Å². The molecule has 1 fully saturated rings. The second-order valence-corrected chi connectivity index (χ2v) is 7.38. The lowest BCUT2D eigenvalue weighted by Crippen LogP contribution is -2.31. The second-order valence-electron chi connectivity index (χ2n) is 5.61. The summed E-state index contributed by atoms with van der Waals surface area (Å²) in [5.41, 5.74) is 0.423. The summed E-state index contributed by atoms with van der Waals surface area (Å²) >= 11 is 0. The number of carbonyl (C=O) groups is 1. The number of sulfonamides is 1. The van der Waals surface area contributed by atoms with Crippen LogP contribution in [0.2, 0.25) is 0 Å². The number of methoxy groups -OCH3 is 1. The minimum Gasteiger partial charge on any atom is -0.385 e. The van der Waals surface area contributed by atoms with Gasteiger partial charge in [0.1, 0.15) is 0 Å². The fourth-order valence-corrected chi connectivity index (χ4v) is 3.48. The third-order valence-corrected chi connectivity index (χ3v) is 5.24. The fraction of sp³-hybridized carbons (Fsp3) is 0.562. The van der Waals surface area contributed by atoms with Gasteiger partial charge >= 0.3 is 0 Å². The van der Waals surface area contributed by atoms with E-state index in [-0.39, 0.29) is 16.9 Å². The molecule has 1 aromatic rings. The van der Waals surface area contributed by atoms with E-state index in [9.17, 15) is 13.2 Å². The summed E-state index contributed by atoms with van der Waals surface area (Å²) in [6, 6.07) is 5.88. The molecule has 1 aliphatic rings. The molecule has 0 spiro atoms. The average Bonchev–Trinajstić information content (AvgIpc) is 3.10. The molecule has 24 heavy (non-hydrogen) atoms. The zero-order valence-electron chi connectivity index (χ0n) is 13.8. The molecule has 1 heterocycles. The van der Waals surface area contributed by atoms with Gasteiger partial charge in [0.2, 0.25) is 10.0 Å². The summed E-state index contributed by atoms with van der Waals surface area (Å²) in [4.78, 5) is 12.2. The molecular formula is C16H24N2O5S. The molecule has 0 bridgehead atoms. The first kappa shape index (κ1) is 18.9. The number of ether oxygens (including phenoxy) is 2. The predicted molar refractivity (Wildman–Crippen MR) is 89.4 cm³/mol. The van der Waals surface area contributed by atoms with E-state index >= 15 is 0 Å². The molecule has 7 nitrogen and oxygen atoms in total. The van der Waals surface area contributed by atoms with Crippen LogP contribution in [0.1, 0.15) is 29.6 Å². The molecule has 134 valence electrons. The van der Waals surface area contributed by atoms with E-state index in [1.165, 1.54) is 24.3 Å². The van der Waals surface area contributed by atoms with Crippen molar-refractivity contribution in [1.82, 2.24) is 10.0 Å². The van der Waals surface area contributed by atoms with Crippen LogP contribution in [0.4, 0.5) is 0 Å². The molecule has 1 atom stereocenters. The van der Waals surface area contributed by atoms with E-state index in [4.69, 9.17) is 9.47 Å². The van der Waals surface area contributed by atoms with Gasteiger partial charge in [0.15, 0.2) is 0 Å². The molecule has 1 aromatic carbocycles. The Balaban J connectivity index is 1.87. The largest absolute Gasteiger partial charge is 0.385 e. The van der Waals surface area contributed by atoms with Gasteiger partial charge in [-0.2, -0.15) is 0 Å². The lowest BCUT2D eigenvalue weighted by molar-refractivity contribution is 0.0857. The quantitative estimate of drug-likeness (QED) is 0.642. The zero-order valence-corrected chi connectivity index (χ0v) is 14.6. The van der Waals surface area contributed by atoms with Crippen molar-refractivity contribution < 1.29 is 22.7 Å². The van der Waals surface area contributed by atoms with E-state index in [1.54, 1.807) is 7.11 Å². The number of hydrogen-bond donors (Lipinski definition) is 2. The average molecular weight is 356 g/mol. The van der Waals surface area contributed by atoms with Crippen LogP contribution in [-0.4, -0.2) is 53.8 Å². The first-order valence-corrected chi connectivity index (χ1v) is 9.50. The second kappa shape index (κ2) is 9.12. The molecule has 0 saturated carbocycles. The molecule has 0 aromatic heterocycles. The maximum Gasteiger partial charge on any atom is 0.251 e. The number of amides is 1. The van der Waals surface area contributed by atoms with E-state index in [1.807, 2.05) is 0 Å². The zero-order chi connectivity index (χ0) is 17.4. The van der Waals surface area contributed by atoms with E-state index in [0.717, 1.165) is 19.4 Å². The molecule has 0 radical (unpaired) electrons. The normalized spacial score (nSPS) is 17.8. The molecule has 1 amide bonds. The molecule has 0 aliphatic carbocycles.